The zero-order chi connectivity index (χ0) is 9.84. The van der Waals surface area contributed by atoms with Crippen LogP contribution in [-0.4, -0.2) is 12.0 Å². The fraction of sp³-hybridized carbons (Fsp3) is 0.400. The molecule has 1 nitrogen and oxygen atoms in total. The van der Waals surface area contributed by atoms with E-state index in [4.69, 9.17) is 5.73 Å². The summed E-state index contributed by atoms with van der Waals surface area (Å²) in [6, 6.07) is 6.40. The topological polar surface area (TPSA) is 26.0 Å². The maximum atomic E-state index is 6.03. The molecule has 1 rings (SSSR count). The van der Waals surface area contributed by atoms with Crippen molar-refractivity contribution in [3.63, 3.8) is 0 Å². The fourth-order valence-corrected chi connectivity index (χ4v) is 2.20. The molecule has 1 aromatic rings. The van der Waals surface area contributed by atoms with Crippen molar-refractivity contribution in [2.24, 2.45) is 5.73 Å². The molecule has 0 radical (unpaired) electrons. The van der Waals surface area contributed by atoms with Gasteiger partial charge in [0.2, 0.25) is 0 Å². The van der Waals surface area contributed by atoms with E-state index < -0.39 is 0 Å². The highest BCUT2D eigenvalue weighted by molar-refractivity contribution is 9.10. The van der Waals surface area contributed by atoms with Gasteiger partial charge in [-0.2, -0.15) is 11.8 Å². The predicted molar refractivity (Wildman–Crippen MR) is 64.2 cm³/mol. The highest BCUT2D eigenvalue weighted by Crippen LogP contribution is 2.22. The van der Waals surface area contributed by atoms with Crippen molar-refractivity contribution in [1.29, 1.82) is 0 Å². The molecular weight excluding hydrogens is 246 g/mol. The van der Waals surface area contributed by atoms with Crippen LogP contribution < -0.4 is 5.73 Å². The van der Waals surface area contributed by atoms with Crippen LogP contribution in [0.4, 0.5) is 0 Å². The van der Waals surface area contributed by atoms with E-state index >= 15 is 0 Å². The van der Waals surface area contributed by atoms with Crippen molar-refractivity contribution < 1.29 is 0 Å². The Hall–Kier alpha value is 0.01000. The second kappa shape index (κ2) is 5.03. The van der Waals surface area contributed by atoms with Gasteiger partial charge in [0.25, 0.3) is 0 Å². The first kappa shape index (κ1) is 11.1. The molecule has 0 saturated carbocycles. The molecule has 0 heterocycles. The summed E-state index contributed by atoms with van der Waals surface area (Å²) < 4.78 is 1.10. The van der Waals surface area contributed by atoms with Crippen LogP contribution in [0.1, 0.15) is 17.2 Å². The Labute approximate surface area is 92.2 Å². The molecule has 0 bridgehead atoms. The van der Waals surface area contributed by atoms with E-state index in [1.807, 2.05) is 6.07 Å². The third-order valence-electron chi connectivity index (χ3n) is 1.99. The molecule has 0 aromatic heterocycles. The minimum absolute atomic E-state index is 0.146. The molecule has 3 heteroatoms. The largest absolute Gasteiger partial charge is 0.323 e. The number of hydrogen-bond acceptors (Lipinski definition) is 2. The van der Waals surface area contributed by atoms with Crippen molar-refractivity contribution in [2.45, 2.75) is 13.0 Å². The Morgan fingerprint density at radius 2 is 2.23 bits per heavy atom. The van der Waals surface area contributed by atoms with Crippen LogP contribution in [0.2, 0.25) is 0 Å². The molecule has 13 heavy (non-hydrogen) atoms. The molecule has 0 aliphatic heterocycles. The average molecular weight is 260 g/mol. The van der Waals surface area contributed by atoms with Crippen LogP contribution >= 0.6 is 27.7 Å². The third-order valence-corrected chi connectivity index (χ3v) is 3.17. The molecule has 1 aromatic carbocycles. The Morgan fingerprint density at radius 3 is 2.85 bits per heavy atom. The van der Waals surface area contributed by atoms with Crippen LogP contribution in [0, 0.1) is 6.92 Å². The molecule has 0 spiro atoms. The number of nitrogens with two attached hydrogens (primary N) is 1. The molecule has 0 aliphatic rings. The van der Waals surface area contributed by atoms with E-state index in [-0.39, 0.29) is 6.04 Å². The lowest BCUT2D eigenvalue weighted by Crippen LogP contribution is -2.14. The average Bonchev–Trinajstić information content (AvgIpc) is 2.09. The number of aryl methyl sites for hydroxylation is 1. The lowest BCUT2D eigenvalue weighted by molar-refractivity contribution is 0.823. The van der Waals surface area contributed by atoms with Crippen molar-refractivity contribution >= 4 is 27.7 Å². The maximum Gasteiger partial charge on any atom is 0.0389 e. The maximum absolute atomic E-state index is 6.03. The normalized spacial score (nSPS) is 12.9. The molecule has 0 aliphatic carbocycles. The fourth-order valence-electron chi connectivity index (χ4n) is 1.28. The Balaban J connectivity index is 2.91. The van der Waals surface area contributed by atoms with Crippen LogP contribution in [0.15, 0.2) is 22.7 Å². The van der Waals surface area contributed by atoms with E-state index in [2.05, 4.69) is 41.2 Å². The number of rotatable bonds is 3. The van der Waals surface area contributed by atoms with Crippen LogP contribution in [0.3, 0.4) is 0 Å². The molecule has 0 amide bonds. The summed E-state index contributed by atoms with van der Waals surface area (Å²) in [5, 5.41) is 0. The zero-order valence-electron chi connectivity index (χ0n) is 7.88. The smallest absolute Gasteiger partial charge is 0.0389 e. The van der Waals surface area contributed by atoms with Gasteiger partial charge in [-0.1, -0.05) is 22.0 Å². The molecule has 1 unspecified atom stereocenters. The first-order valence-electron chi connectivity index (χ1n) is 4.15. The first-order chi connectivity index (χ1) is 6.15. The summed E-state index contributed by atoms with van der Waals surface area (Å²) in [6.07, 6.45) is 2.08. The lowest BCUT2D eigenvalue weighted by Gasteiger charge is -2.13. The van der Waals surface area contributed by atoms with Gasteiger partial charge in [0.15, 0.2) is 0 Å². The van der Waals surface area contributed by atoms with E-state index in [0.29, 0.717) is 0 Å². The van der Waals surface area contributed by atoms with Crippen LogP contribution in [0.25, 0.3) is 0 Å². The SMILES string of the molecule is CSCC(N)c1cc(Br)ccc1C. The third kappa shape index (κ3) is 3.01. The van der Waals surface area contributed by atoms with Crippen molar-refractivity contribution in [1.82, 2.24) is 0 Å². The van der Waals surface area contributed by atoms with Crippen molar-refractivity contribution in [3.05, 3.63) is 33.8 Å². The predicted octanol–water partition coefficient (Wildman–Crippen LogP) is 3.12. The quantitative estimate of drug-likeness (QED) is 0.903. The first-order valence-corrected chi connectivity index (χ1v) is 6.34. The number of benzene rings is 1. The van der Waals surface area contributed by atoms with E-state index in [1.54, 1.807) is 11.8 Å². The Kier molecular flexibility index (Phi) is 4.29. The Morgan fingerprint density at radius 1 is 1.54 bits per heavy atom. The molecular formula is C10H14BrNS. The van der Waals surface area contributed by atoms with Gasteiger partial charge in [0, 0.05) is 16.3 Å². The summed E-state index contributed by atoms with van der Waals surface area (Å²) in [5.74, 6) is 0.970. The molecule has 0 saturated heterocycles. The second-order valence-electron chi connectivity index (χ2n) is 3.06. The van der Waals surface area contributed by atoms with E-state index in [0.717, 1.165) is 10.2 Å². The minimum Gasteiger partial charge on any atom is -0.323 e. The molecule has 1 atom stereocenters. The summed E-state index contributed by atoms with van der Waals surface area (Å²) in [5.41, 5.74) is 8.54. The lowest BCUT2D eigenvalue weighted by atomic mass is 10.0. The zero-order valence-corrected chi connectivity index (χ0v) is 10.3. The van der Waals surface area contributed by atoms with Gasteiger partial charge in [0.1, 0.15) is 0 Å². The van der Waals surface area contributed by atoms with Gasteiger partial charge in [-0.15, -0.1) is 0 Å². The van der Waals surface area contributed by atoms with Gasteiger partial charge < -0.3 is 5.73 Å². The van der Waals surface area contributed by atoms with Crippen molar-refractivity contribution in [2.75, 3.05) is 12.0 Å². The molecule has 0 fully saturated rings. The second-order valence-corrected chi connectivity index (χ2v) is 4.89. The number of thioether (sulfide) groups is 1. The monoisotopic (exact) mass is 259 g/mol. The summed E-state index contributed by atoms with van der Waals surface area (Å²) in [6.45, 7) is 2.10. The van der Waals surface area contributed by atoms with Gasteiger partial charge in [0.05, 0.1) is 0 Å². The molecule has 72 valence electrons. The summed E-state index contributed by atoms with van der Waals surface area (Å²) in [7, 11) is 0. The number of halogens is 1. The molecule has 2 N–H and O–H groups in total. The summed E-state index contributed by atoms with van der Waals surface area (Å²) in [4.78, 5) is 0. The van der Waals surface area contributed by atoms with Gasteiger partial charge in [-0.05, 0) is 36.4 Å². The van der Waals surface area contributed by atoms with Crippen LogP contribution in [0.5, 0.6) is 0 Å². The summed E-state index contributed by atoms with van der Waals surface area (Å²) >= 11 is 5.23. The van der Waals surface area contributed by atoms with Crippen molar-refractivity contribution in [3.8, 4) is 0 Å². The van der Waals surface area contributed by atoms with Gasteiger partial charge in [-0.25, -0.2) is 0 Å². The van der Waals surface area contributed by atoms with Gasteiger partial charge in [-0.3, -0.25) is 0 Å². The Bertz CT molecular complexity index is 288. The minimum atomic E-state index is 0.146. The highest BCUT2D eigenvalue weighted by atomic mass is 79.9. The van der Waals surface area contributed by atoms with E-state index in [1.165, 1.54) is 11.1 Å². The van der Waals surface area contributed by atoms with Gasteiger partial charge >= 0.3 is 0 Å². The number of hydrogen-bond donors (Lipinski definition) is 1. The van der Waals surface area contributed by atoms with Crippen LogP contribution in [-0.2, 0) is 0 Å². The van der Waals surface area contributed by atoms with E-state index in [9.17, 15) is 0 Å². The highest BCUT2D eigenvalue weighted by Gasteiger charge is 2.08. The standard InChI is InChI=1S/C10H14BrNS/c1-7-3-4-8(11)5-9(7)10(12)6-13-2/h3-5,10H,6,12H2,1-2H3.